The predicted molar refractivity (Wildman–Crippen MR) is 143 cm³/mol. The molecule has 2 bridgehead atoms. The van der Waals surface area contributed by atoms with Crippen LogP contribution in [-0.4, -0.2) is 49.7 Å². The third kappa shape index (κ3) is 12.3. The number of rotatable bonds is 19. The van der Waals surface area contributed by atoms with E-state index >= 15 is 0 Å². The third-order valence-electron chi connectivity index (χ3n) is 7.51. The van der Waals surface area contributed by atoms with E-state index in [-0.39, 0.29) is 23.3 Å². The summed E-state index contributed by atoms with van der Waals surface area (Å²) >= 11 is 0. The maximum atomic E-state index is 12.6. The first-order chi connectivity index (χ1) is 17.1. The summed E-state index contributed by atoms with van der Waals surface area (Å²) in [7, 11) is 0. The summed E-state index contributed by atoms with van der Waals surface area (Å²) < 4.78 is 11.0. The molecule has 3 rings (SSSR count). The number of carbonyl (C=O) groups excluding carboxylic acids is 2. The lowest BCUT2D eigenvalue weighted by atomic mass is 9.72. The summed E-state index contributed by atoms with van der Waals surface area (Å²) in [4.78, 5) is 27.1. The van der Waals surface area contributed by atoms with Crippen molar-refractivity contribution in [1.29, 1.82) is 0 Å². The quantitative estimate of drug-likeness (QED) is 0.111. The smallest absolute Gasteiger partial charge is 0.312 e. The van der Waals surface area contributed by atoms with E-state index in [1.165, 1.54) is 44.9 Å². The highest BCUT2D eigenvalue weighted by atomic mass is 16.5. The van der Waals surface area contributed by atoms with Crippen molar-refractivity contribution in [3.05, 3.63) is 24.3 Å². The van der Waals surface area contributed by atoms with Gasteiger partial charge in [0.25, 0.3) is 0 Å². The van der Waals surface area contributed by atoms with Gasteiger partial charge in [0.15, 0.2) is 0 Å². The predicted octanol–water partition coefficient (Wildman–Crippen LogP) is 7.01. The van der Waals surface area contributed by atoms with E-state index in [1.807, 2.05) is 6.92 Å². The Morgan fingerprint density at radius 3 is 2.03 bits per heavy atom. The SMILES string of the molecule is CCCCC/C=C\C/C=C\CCCCCCCC(=O)OCC(C)COC(=O)C12CCN(CC1)CC2. The fourth-order valence-electron chi connectivity index (χ4n) is 4.94. The van der Waals surface area contributed by atoms with Crippen LogP contribution in [0.25, 0.3) is 0 Å². The van der Waals surface area contributed by atoms with E-state index in [2.05, 4.69) is 36.1 Å². The fraction of sp³-hybridized carbons (Fsp3) is 0.800. The number of esters is 2. The number of ether oxygens (including phenoxy) is 2. The minimum absolute atomic E-state index is 0.0348. The van der Waals surface area contributed by atoms with E-state index in [4.69, 9.17) is 9.47 Å². The average Bonchev–Trinajstić information content (AvgIpc) is 2.89. The molecule has 0 aromatic carbocycles. The van der Waals surface area contributed by atoms with Crippen molar-refractivity contribution in [2.45, 2.75) is 110 Å². The molecule has 3 heterocycles. The minimum atomic E-state index is -0.258. The van der Waals surface area contributed by atoms with Gasteiger partial charge in [-0.25, -0.2) is 0 Å². The molecular weight excluding hydrogens is 438 g/mol. The van der Waals surface area contributed by atoms with Gasteiger partial charge in [-0.05, 0) is 77.4 Å². The van der Waals surface area contributed by atoms with Gasteiger partial charge in [0.05, 0.1) is 18.6 Å². The first kappa shape index (κ1) is 29.6. The Morgan fingerprint density at radius 1 is 0.800 bits per heavy atom. The first-order valence-electron chi connectivity index (χ1n) is 14.4. The monoisotopic (exact) mass is 489 g/mol. The molecule has 5 nitrogen and oxygen atoms in total. The minimum Gasteiger partial charge on any atom is -0.465 e. The summed E-state index contributed by atoms with van der Waals surface area (Å²) in [5.41, 5.74) is -0.258. The molecule has 200 valence electrons. The highest BCUT2D eigenvalue weighted by Gasteiger charge is 2.46. The molecule has 0 N–H and O–H groups in total. The average molecular weight is 490 g/mol. The second-order valence-corrected chi connectivity index (χ2v) is 10.7. The highest BCUT2D eigenvalue weighted by molar-refractivity contribution is 5.77. The van der Waals surface area contributed by atoms with Gasteiger partial charge in [-0.15, -0.1) is 0 Å². The van der Waals surface area contributed by atoms with Crippen molar-refractivity contribution in [3.8, 4) is 0 Å². The van der Waals surface area contributed by atoms with Crippen LogP contribution >= 0.6 is 0 Å². The maximum Gasteiger partial charge on any atom is 0.312 e. The van der Waals surface area contributed by atoms with E-state index < -0.39 is 0 Å². The zero-order valence-electron chi connectivity index (χ0n) is 22.6. The van der Waals surface area contributed by atoms with Crippen LogP contribution in [0, 0.1) is 11.3 Å². The topological polar surface area (TPSA) is 55.8 Å². The van der Waals surface area contributed by atoms with Crippen molar-refractivity contribution >= 4 is 11.9 Å². The Labute approximate surface area is 214 Å². The molecule has 0 aromatic rings. The van der Waals surface area contributed by atoms with E-state index in [0.717, 1.165) is 64.6 Å². The van der Waals surface area contributed by atoms with Gasteiger partial charge < -0.3 is 14.4 Å². The number of unbranched alkanes of at least 4 members (excludes halogenated alkanes) is 8. The number of carbonyl (C=O) groups is 2. The molecule has 0 aromatic heterocycles. The van der Waals surface area contributed by atoms with Crippen molar-refractivity contribution in [3.63, 3.8) is 0 Å². The summed E-state index contributed by atoms with van der Waals surface area (Å²) in [6, 6.07) is 0. The molecule has 3 aliphatic heterocycles. The van der Waals surface area contributed by atoms with Crippen LogP contribution in [0.1, 0.15) is 110 Å². The third-order valence-corrected chi connectivity index (χ3v) is 7.51. The summed E-state index contributed by atoms with van der Waals surface area (Å²) in [5, 5.41) is 0. The Balaban J connectivity index is 1.38. The van der Waals surface area contributed by atoms with Gasteiger partial charge in [-0.1, -0.05) is 70.3 Å². The Bertz CT molecular complexity index is 635. The van der Waals surface area contributed by atoms with Crippen LogP contribution < -0.4 is 0 Å². The van der Waals surface area contributed by atoms with Crippen LogP contribution in [0.15, 0.2) is 24.3 Å². The number of hydrogen-bond acceptors (Lipinski definition) is 5. The van der Waals surface area contributed by atoms with E-state index in [1.54, 1.807) is 0 Å². The van der Waals surface area contributed by atoms with Crippen LogP contribution in [0.3, 0.4) is 0 Å². The molecular formula is C30H51NO4. The van der Waals surface area contributed by atoms with Crippen molar-refractivity contribution in [2.24, 2.45) is 11.3 Å². The van der Waals surface area contributed by atoms with Gasteiger partial charge in [-0.2, -0.15) is 0 Å². The largest absolute Gasteiger partial charge is 0.465 e. The van der Waals surface area contributed by atoms with Crippen molar-refractivity contribution in [1.82, 2.24) is 4.90 Å². The van der Waals surface area contributed by atoms with Crippen LogP contribution in [0.5, 0.6) is 0 Å². The Kier molecular flexibility index (Phi) is 15.0. The van der Waals surface area contributed by atoms with Crippen LogP contribution in [-0.2, 0) is 19.1 Å². The lowest BCUT2D eigenvalue weighted by Gasteiger charge is -2.46. The number of fused-ring (bicyclic) bond motifs is 3. The van der Waals surface area contributed by atoms with E-state index in [9.17, 15) is 9.59 Å². The van der Waals surface area contributed by atoms with Crippen molar-refractivity contribution < 1.29 is 19.1 Å². The zero-order chi connectivity index (χ0) is 25.2. The normalized spacial score (nSPS) is 22.6. The summed E-state index contributed by atoms with van der Waals surface area (Å²) in [6.45, 7) is 7.91. The van der Waals surface area contributed by atoms with Gasteiger partial charge in [0.2, 0.25) is 0 Å². The number of allylic oxidation sites excluding steroid dienone is 4. The molecule has 0 radical (unpaired) electrons. The lowest BCUT2D eigenvalue weighted by molar-refractivity contribution is -0.165. The molecule has 3 fully saturated rings. The number of piperidine rings is 3. The molecule has 3 aliphatic rings. The summed E-state index contributed by atoms with van der Waals surface area (Å²) in [6.07, 6.45) is 25.3. The molecule has 5 heteroatoms. The molecule has 0 spiro atoms. The Hall–Kier alpha value is -1.62. The zero-order valence-corrected chi connectivity index (χ0v) is 22.6. The van der Waals surface area contributed by atoms with Gasteiger partial charge in [0, 0.05) is 12.3 Å². The molecule has 1 atom stereocenters. The highest BCUT2D eigenvalue weighted by Crippen LogP contribution is 2.41. The van der Waals surface area contributed by atoms with Gasteiger partial charge in [0.1, 0.15) is 0 Å². The number of hydrogen-bond donors (Lipinski definition) is 0. The van der Waals surface area contributed by atoms with Gasteiger partial charge >= 0.3 is 11.9 Å². The fourth-order valence-corrected chi connectivity index (χ4v) is 4.94. The molecule has 3 saturated heterocycles. The lowest BCUT2D eigenvalue weighted by Crippen LogP contribution is -2.52. The second-order valence-electron chi connectivity index (χ2n) is 10.7. The molecule has 0 aliphatic carbocycles. The molecule has 0 saturated carbocycles. The molecule has 35 heavy (non-hydrogen) atoms. The second kappa shape index (κ2) is 17.8. The number of nitrogens with zero attached hydrogens (tertiary/aromatic N) is 1. The van der Waals surface area contributed by atoms with Crippen LogP contribution in [0.2, 0.25) is 0 Å². The first-order valence-corrected chi connectivity index (χ1v) is 14.4. The van der Waals surface area contributed by atoms with E-state index in [0.29, 0.717) is 19.6 Å². The molecule has 0 amide bonds. The summed E-state index contributed by atoms with van der Waals surface area (Å²) in [5.74, 6) is -0.139. The standard InChI is InChI=1S/C30H51NO4/c1-3-4-5-6-7-8-9-10-11-12-13-14-15-16-17-18-28(32)34-25-27(2)26-35-29(33)30-19-22-31(23-20-30)24-21-30/h7-8,10-11,27H,3-6,9,12-26H2,1-2H3/b8-7-,11-10-. The molecule has 1 unspecified atom stereocenters. The maximum absolute atomic E-state index is 12.6. The van der Waals surface area contributed by atoms with Crippen LogP contribution in [0.4, 0.5) is 0 Å². The Morgan fingerprint density at radius 2 is 1.37 bits per heavy atom. The van der Waals surface area contributed by atoms with Crippen molar-refractivity contribution in [2.75, 3.05) is 32.8 Å². The van der Waals surface area contributed by atoms with Gasteiger partial charge in [-0.3, -0.25) is 9.59 Å².